The molecule has 8 rings (SSSR count). The first kappa shape index (κ1) is 35.5. The molecule has 12 heteroatoms. The second kappa shape index (κ2) is 14.0. The van der Waals surface area contributed by atoms with Gasteiger partial charge in [-0.15, -0.1) is 0 Å². The van der Waals surface area contributed by atoms with E-state index in [0.717, 1.165) is 16.1 Å². The van der Waals surface area contributed by atoms with Crippen LogP contribution >= 0.6 is 11.6 Å². The van der Waals surface area contributed by atoms with E-state index in [1.165, 1.54) is 29.2 Å². The van der Waals surface area contributed by atoms with Crippen LogP contribution in [0.15, 0.2) is 109 Å². The maximum absolute atomic E-state index is 15.3. The smallest absolute Gasteiger partial charge is 0.260 e. The molecule has 0 aromatic heterocycles. The summed E-state index contributed by atoms with van der Waals surface area (Å²) in [6, 6.07) is 25.9. The van der Waals surface area contributed by atoms with Crippen LogP contribution in [0.2, 0.25) is 5.02 Å². The average molecular weight is 750 g/mol. The number of rotatable bonds is 10. The number of hydrogen-bond acceptors (Lipinski definition) is 8. The number of nitrogens with one attached hydrogen (secondary N) is 1. The number of phenols is 1. The largest absolute Gasteiger partial charge is 0.508 e. The number of fused-ring (bicyclic) bond motifs is 4. The van der Waals surface area contributed by atoms with E-state index in [-0.39, 0.29) is 50.2 Å². The number of hydrazine groups is 1. The van der Waals surface area contributed by atoms with E-state index in [1.54, 1.807) is 60.7 Å². The predicted octanol–water partition coefficient (Wildman–Crippen LogP) is 5.78. The number of hydrogen-bond donors (Lipinski definition) is 3. The van der Waals surface area contributed by atoms with Crippen LogP contribution < -0.4 is 10.2 Å². The van der Waals surface area contributed by atoms with Crippen molar-refractivity contribution in [1.29, 1.82) is 0 Å². The Kier molecular flexibility index (Phi) is 9.23. The number of imide groups is 2. The molecule has 2 saturated heterocycles. The quantitative estimate of drug-likeness (QED) is 0.137. The molecule has 6 atom stereocenters. The van der Waals surface area contributed by atoms with E-state index >= 15 is 4.79 Å². The van der Waals surface area contributed by atoms with Crippen molar-refractivity contribution in [3.05, 3.63) is 136 Å². The fraction of sp³-hybridized carbons (Fsp3) is 0.286. The number of nitrogens with zero attached hydrogens (tertiary/aromatic N) is 2. The third-order valence-corrected chi connectivity index (χ3v) is 11.7. The van der Waals surface area contributed by atoms with E-state index in [9.17, 15) is 29.0 Å². The highest BCUT2D eigenvalue weighted by Crippen LogP contribution is 2.65. The lowest BCUT2D eigenvalue weighted by Crippen LogP contribution is -2.53. The van der Waals surface area contributed by atoms with Gasteiger partial charge in [-0.1, -0.05) is 65.7 Å². The Bertz CT molecular complexity index is 2160. The third kappa shape index (κ3) is 5.73. The molecule has 4 aliphatic rings. The van der Waals surface area contributed by atoms with Gasteiger partial charge in [0, 0.05) is 23.0 Å². The van der Waals surface area contributed by atoms with Gasteiger partial charge in [-0.25, -0.2) is 4.39 Å². The van der Waals surface area contributed by atoms with Gasteiger partial charge in [-0.3, -0.25) is 29.5 Å². The highest BCUT2D eigenvalue weighted by molar-refractivity contribution is 6.30. The summed E-state index contributed by atoms with van der Waals surface area (Å²) in [7, 11) is 0. The zero-order valence-corrected chi connectivity index (χ0v) is 29.8. The van der Waals surface area contributed by atoms with Crippen LogP contribution in [-0.2, 0) is 31.0 Å². The van der Waals surface area contributed by atoms with Crippen LogP contribution in [0.4, 0.5) is 10.1 Å². The van der Waals surface area contributed by atoms with Crippen molar-refractivity contribution in [1.82, 2.24) is 9.91 Å². The molecule has 3 fully saturated rings. The first-order chi connectivity index (χ1) is 26.1. The van der Waals surface area contributed by atoms with Gasteiger partial charge in [-0.2, -0.15) is 5.01 Å². The maximum Gasteiger partial charge on any atom is 0.260 e. The molecule has 0 unspecified atom stereocenters. The summed E-state index contributed by atoms with van der Waals surface area (Å²) in [6.45, 7) is -0.130. The van der Waals surface area contributed by atoms with Crippen molar-refractivity contribution in [3.8, 4) is 11.5 Å². The Hall–Kier alpha value is -5.52. The van der Waals surface area contributed by atoms with Crippen LogP contribution in [0.25, 0.3) is 0 Å². The van der Waals surface area contributed by atoms with Gasteiger partial charge < -0.3 is 14.9 Å². The van der Waals surface area contributed by atoms with Crippen molar-refractivity contribution in [3.63, 3.8) is 0 Å². The molecule has 54 heavy (non-hydrogen) atoms. The maximum atomic E-state index is 15.3. The second-order valence-corrected chi connectivity index (χ2v) is 14.7. The van der Waals surface area contributed by atoms with Gasteiger partial charge in [0.15, 0.2) is 0 Å². The van der Waals surface area contributed by atoms with Crippen LogP contribution in [0.1, 0.15) is 35.4 Å². The van der Waals surface area contributed by atoms with Gasteiger partial charge in [-0.05, 0) is 90.9 Å². The second-order valence-electron chi connectivity index (χ2n) is 14.2. The number of carbonyl (C=O) groups excluding carboxylic acids is 4. The van der Waals surface area contributed by atoms with Gasteiger partial charge >= 0.3 is 0 Å². The lowest BCUT2D eigenvalue weighted by molar-refractivity contribution is -0.141. The first-order valence-corrected chi connectivity index (χ1v) is 18.3. The van der Waals surface area contributed by atoms with Gasteiger partial charge in [0.1, 0.15) is 23.9 Å². The molecule has 3 N–H and O–H groups in total. The number of aliphatic hydroxyl groups is 1. The van der Waals surface area contributed by atoms with Crippen molar-refractivity contribution in [2.45, 2.75) is 30.6 Å². The molecule has 4 aromatic carbocycles. The molecule has 1 saturated carbocycles. The van der Waals surface area contributed by atoms with E-state index in [2.05, 4.69) is 5.43 Å². The van der Waals surface area contributed by atoms with Gasteiger partial charge in [0.05, 0.1) is 35.5 Å². The number of allylic oxidation sites excluding steroid dienone is 2. The molecule has 0 bridgehead atoms. The number of phenolic OH excluding ortho intramolecular Hbond substituents is 1. The van der Waals surface area contributed by atoms with E-state index < -0.39 is 52.6 Å². The number of halogens is 2. The fourth-order valence-electron chi connectivity index (χ4n) is 9.19. The summed E-state index contributed by atoms with van der Waals surface area (Å²) in [6.07, 6.45) is 2.73. The predicted molar refractivity (Wildman–Crippen MR) is 197 cm³/mol. The number of amides is 4. The Morgan fingerprint density at radius 1 is 0.870 bits per heavy atom. The third-order valence-electron chi connectivity index (χ3n) is 11.5. The number of ether oxygens (including phenoxy) is 1. The molecule has 0 radical (unpaired) electrons. The topological polar surface area (TPSA) is 136 Å². The van der Waals surface area contributed by atoms with E-state index in [1.807, 2.05) is 18.2 Å². The standard InChI is InChI=1S/C42H37ClFN3O7/c43-26-9-7-25(8-10-26)42-34(39(51)47(41(42)53)45-28-13-11-27(44)12-14-28)23-33-30(37(42)31-3-1-2-4-35(31)54-22-21-48)17-18-32-36(33)40(52)46(38(32)50)20-19-24-5-15-29(49)16-6-24/h1-17,32-34,36-37,45,48-49H,18-23H2/t32-,33+,34-,36-,37+,42+/m0/s1. The molecule has 0 spiro atoms. The molecular weight excluding hydrogens is 713 g/mol. The number of likely N-dealkylation sites (tertiary alicyclic amines) is 1. The fourth-order valence-corrected chi connectivity index (χ4v) is 9.32. The molecule has 2 aliphatic carbocycles. The Morgan fingerprint density at radius 2 is 1.59 bits per heavy atom. The number of aromatic hydroxyl groups is 1. The van der Waals surface area contributed by atoms with Crippen molar-refractivity contribution in [2.24, 2.45) is 23.7 Å². The zero-order chi connectivity index (χ0) is 37.7. The highest BCUT2D eigenvalue weighted by Gasteiger charge is 2.70. The summed E-state index contributed by atoms with van der Waals surface area (Å²) in [5.41, 5.74) is 4.45. The zero-order valence-electron chi connectivity index (χ0n) is 29.0. The Morgan fingerprint density at radius 3 is 2.31 bits per heavy atom. The summed E-state index contributed by atoms with van der Waals surface area (Å²) in [5, 5.41) is 20.9. The monoisotopic (exact) mass is 749 g/mol. The molecule has 2 aliphatic heterocycles. The highest BCUT2D eigenvalue weighted by atomic mass is 35.5. The number of benzene rings is 4. The summed E-state index contributed by atoms with van der Waals surface area (Å²) < 4.78 is 20.0. The molecule has 2 heterocycles. The lowest BCUT2D eigenvalue weighted by Gasteiger charge is -2.50. The van der Waals surface area contributed by atoms with Crippen LogP contribution in [0.5, 0.6) is 11.5 Å². The lowest BCUT2D eigenvalue weighted by atomic mass is 9.49. The SMILES string of the molecule is O=C1[C@H]2[C@H](CC=C3[C@H]2C[C@H]2C(=O)N(Nc4ccc(F)cc4)C(=O)[C@@]2(c2ccc(Cl)cc2)[C@H]3c2ccccc2OCCO)C(=O)N1CCc1ccc(O)cc1. The van der Waals surface area contributed by atoms with E-state index in [4.69, 9.17) is 16.3 Å². The number of aliphatic hydroxyl groups excluding tert-OH is 1. The van der Waals surface area contributed by atoms with Gasteiger partial charge in [0.2, 0.25) is 11.8 Å². The minimum Gasteiger partial charge on any atom is -0.508 e. The van der Waals surface area contributed by atoms with Crippen LogP contribution in [0, 0.1) is 29.5 Å². The molecule has 4 amide bonds. The molecule has 276 valence electrons. The van der Waals surface area contributed by atoms with Crippen molar-refractivity contribution >= 4 is 40.9 Å². The van der Waals surface area contributed by atoms with Crippen molar-refractivity contribution < 1.29 is 38.5 Å². The van der Waals surface area contributed by atoms with E-state index in [0.29, 0.717) is 34.0 Å². The molecular formula is C42H37ClFN3O7. The van der Waals surface area contributed by atoms with Crippen LogP contribution in [-0.4, -0.2) is 63.5 Å². The molecule has 10 nitrogen and oxygen atoms in total. The summed E-state index contributed by atoms with van der Waals surface area (Å²) >= 11 is 6.38. The van der Waals surface area contributed by atoms with Crippen LogP contribution in [0.3, 0.4) is 0 Å². The normalized spacial score (nSPS) is 26.0. The summed E-state index contributed by atoms with van der Waals surface area (Å²) in [4.78, 5) is 59.9. The average Bonchev–Trinajstić information content (AvgIpc) is 3.55. The minimum absolute atomic E-state index is 0.0254. The Balaban J connectivity index is 1.27. The van der Waals surface area contributed by atoms with Crippen molar-refractivity contribution in [2.75, 3.05) is 25.2 Å². The number of carbonyl (C=O) groups is 4. The minimum atomic E-state index is -1.56. The van der Waals surface area contributed by atoms with Gasteiger partial charge in [0.25, 0.3) is 11.8 Å². The molecule has 4 aromatic rings. The summed E-state index contributed by atoms with van der Waals surface area (Å²) in [5.74, 6) is -5.47. The number of para-hydroxylation sites is 1. The number of anilines is 1. The Labute approximate surface area is 315 Å². The first-order valence-electron chi connectivity index (χ1n) is 18.0.